The van der Waals surface area contributed by atoms with Gasteiger partial charge in [-0.3, -0.25) is 10.3 Å². The molecule has 1 unspecified atom stereocenters. The molecule has 5 nitrogen and oxygen atoms in total. The highest BCUT2D eigenvalue weighted by Gasteiger charge is 2.31. The van der Waals surface area contributed by atoms with Crippen molar-refractivity contribution in [3.63, 3.8) is 0 Å². The normalized spacial score (nSPS) is 20.0. The predicted octanol–water partition coefficient (Wildman–Crippen LogP) is 4.57. The Hall–Kier alpha value is -2.08. The van der Waals surface area contributed by atoms with Gasteiger partial charge in [-0.05, 0) is 42.3 Å². The molecule has 130 valence electrons. The number of amidine groups is 1. The second kappa shape index (κ2) is 7.04. The molecule has 2 N–H and O–H groups in total. The second-order valence-corrected chi connectivity index (χ2v) is 6.80. The largest absolute Gasteiger partial charge is 0.465 e. The quantitative estimate of drug-likeness (QED) is 0.803. The zero-order chi connectivity index (χ0) is 18.0. The minimum atomic E-state index is -1.16. The molecule has 1 aliphatic heterocycles. The van der Waals surface area contributed by atoms with Gasteiger partial charge in [0.1, 0.15) is 18.0 Å². The number of aliphatic imine (C=N–C) groups is 1. The summed E-state index contributed by atoms with van der Waals surface area (Å²) < 4.78 is 5.54. The van der Waals surface area contributed by atoms with Gasteiger partial charge >= 0.3 is 6.09 Å². The molecule has 1 heterocycles. The molecule has 0 radical (unpaired) electrons. The lowest BCUT2D eigenvalue weighted by atomic mass is 9.90. The van der Waals surface area contributed by atoms with E-state index in [4.69, 9.17) is 33.0 Å². The zero-order valence-electron chi connectivity index (χ0n) is 13.4. The molecule has 0 bridgehead atoms. The first kappa shape index (κ1) is 17.7. The van der Waals surface area contributed by atoms with E-state index in [1.807, 2.05) is 37.3 Å². The van der Waals surface area contributed by atoms with Gasteiger partial charge < -0.3 is 9.84 Å². The summed E-state index contributed by atoms with van der Waals surface area (Å²) in [7, 11) is 0. The number of amides is 1. The molecule has 0 aromatic heterocycles. The minimum Gasteiger partial charge on any atom is -0.465 e. The number of nitrogens with one attached hydrogen (secondary N) is 1. The highest BCUT2D eigenvalue weighted by atomic mass is 35.5. The van der Waals surface area contributed by atoms with Gasteiger partial charge in [0.2, 0.25) is 0 Å². The number of carbonyl (C=O) groups is 1. The summed E-state index contributed by atoms with van der Waals surface area (Å²) in [6.45, 7) is 2.39. The third-order valence-corrected chi connectivity index (χ3v) is 4.54. The highest BCUT2D eigenvalue weighted by Crippen LogP contribution is 2.35. The van der Waals surface area contributed by atoms with Crippen LogP contribution in [0.5, 0.6) is 0 Å². The van der Waals surface area contributed by atoms with E-state index in [0.717, 1.165) is 16.7 Å². The number of hydrogen-bond donors (Lipinski definition) is 2. The molecule has 25 heavy (non-hydrogen) atoms. The Kier molecular flexibility index (Phi) is 4.99. The summed E-state index contributed by atoms with van der Waals surface area (Å²) in [6.07, 6.45) is -1.16. The van der Waals surface area contributed by atoms with Crippen LogP contribution >= 0.6 is 23.2 Å². The monoisotopic (exact) mass is 378 g/mol. The summed E-state index contributed by atoms with van der Waals surface area (Å²) in [5, 5.41) is 12.4. The number of nitrogens with zero attached hydrogens (tertiary/aromatic N) is 1. The number of ether oxygens (including phenoxy) is 1. The van der Waals surface area contributed by atoms with Gasteiger partial charge in [-0.1, -0.05) is 41.4 Å². The maximum Gasteiger partial charge on any atom is 0.410 e. The summed E-state index contributed by atoms with van der Waals surface area (Å²) in [5.74, 6) is 0.285. The summed E-state index contributed by atoms with van der Waals surface area (Å²) in [4.78, 5) is 15.4. The number of rotatable bonds is 2. The van der Waals surface area contributed by atoms with Crippen LogP contribution in [0.1, 0.15) is 12.5 Å². The number of carboxylic acid groups (broad SMARTS) is 1. The highest BCUT2D eigenvalue weighted by molar-refractivity contribution is 6.35. The molecule has 3 rings (SSSR count). The smallest absolute Gasteiger partial charge is 0.410 e. The van der Waals surface area contributed by atoms with Gasteiger partial charge in [0.25, 0.3) is 0 Å². The zero-order valence-corrected chi connectivity index (χ0v) is 14.9. The lowest BCUT2D eigenvalue weighted by Crippen LogP contribution is -2.42. The van der Waals surface area contributed by atoms with Crippen molar-refractivity contribution in [2.24, 2.45) is 4.99 Å². The Morgan fingerprint density at radius 3 is 2.84 bits per heavy atom. The molecule has 0 spiro atoms. The first-order valence-corrected chi connectivity index (χ1v) is 8.35. The third-order valence-electron chi connectivity index (χ3n) is 3.98. The van der Waals surface area contributed by atoms with Gasteiger partial charge in [0.05, 0.1) is 6.61 Å². The first-order valence-electron chi connectivity index (χ1n) is 7.60. The van der Waals surface area contributed by atoms with Gasteiger partial charge in [-0.15, -0.1) is 0 Å². The topological polar surface area (TPSA) is 70.9 Å². The summed E-state index contributed by atoms with van der Waals surface area (Å²) >= 11 is 12.4. The van der Waals surface area contributed by atoms with Crippen molar-refractivity contribution >= 4 is 35.1 Å². The van der Waals surface area contributed by atoms with Crippen LogP contribution in [0.4, 0.5) is 4.79 Å². The van der Waals surface area contributed by atoms with Crippen LogP contribution in [-0.2, 0) is 10.3 Å². The van der Waals surface area contributed by atoms with E-state index in [1.165, 1.54) is 0 Å². The van der Waals surface area contributed by atoms with Crippen molar-refractivity contribution in [2.45, 2.75) is 12.5 Å². The SMILES string of the molecule is CC1(c2cccc(-c3cc(Cl)ccc3Cl)c2)COCC(NC(=O)O)=N1. The Morgan fingerprint density at radius 1 is 1.28 bits per heavy atom. The van der Waals surface area contributed by atoms with Crippen LogP contribution in [0.3, 0.4) is 0 Å². The Labute approximate surface area is 155 Å². The molecule has 0 fully saturated rings. The van der Waals surface area contributed by atoms with Crippen LogP contribution < -0.4 is 5.32 Å². The molecular formula is C18H16Cl2N2O3. The van der Waals surface area contributed by atoms with Crippen molar-refractivity contribution in [1.29, 1.82) is 0 Å². The number of halogens is 2. The van der Waals surface area contributed by atoms with Crippen LogP contribution in [0, 0.1) is 0 Å². The molecule has 1 atom stereocenters. The van der Waals surface area contributed by atoms with E-state index in [9.17, 15) is 4.79 Å². The average Bonchev–Trinajstić information content (AvgIpc) is 2.57. The number of hydrogen-bond acceptors (Lipinski definition) is 3. The molecule has 0 saturated carbocycles. The van der Waals surface area contributed by atoms with E-state index in [1.54, 1.807) is 12.1 Å². The van der Waals surface area contributed by atoms with E-state index < -0.39 is 11.6 Å². The average molecular weight is 379 g/mol. The van der Waals surface area contributed by atoms with Crippen molar-refractivity contribution < 1.29 is 14.6 Å². The standard InChI is InChI=1S/C18H16Cl2N2O3/c1-18(10-25-9-16(22-18)21-17(23)24)12-4-2-3-11(7-12)14-8-13(19)5-6-15(14)20/h2-8H,9-10H2,1H3,(H,21,22)(H,23,24). The molecule has 1 aliphatic rings. The molecule has 0 saturated heterocycles. The van der Waals surface area contributed by atoms with E-state index in [2.05, 4.69) is 10.3 Å². The number of benzene rings is 2. The van der Waals surface area contributed by atoms with Crippen molar-refractivity contribution in [1.82, 2.24) is 5.32 Å². The molecule has 1 amide bonds. The van der Waals surface area contributed by atoms with Crippen LogP contribution in [0.25, 0.3) is 11.1 Å². The lowest BCUT2D eigenvalue weighted by molar-refractivity contribution is 0.104. The van der Waals surface area contributed by atoms with Gasteiger partial charge in [0.15, 0.2) is 0 Å². The van der Waals surface area contributed by atoms with Gasteiger partial charge in [0, 0.05) is 15.6 Å². The Bertz CT molecular complexity index is 854. The minimum absolute atomic E-state index is 0.141. The first-order chi connectivity index (χ1) is 11.9. The molecule has 0 aliphatic carbocycles. The fourth-order valence-electron chi connectivity index (χ4n) is 2.78. The Balaban J connectivity index is 2.01. The van der Waals surface area contributed by atoms with Crippen molar-refractivity contribution in [2.75, 3.05) is 13.2 Å². The fraction of sp³-hybridized carbons (Fsp3) is 0.222. The van der Waals surface area contributed by atoms with E-state index >= 15 is 0 Å². The molecule has 2 aromatic rings. The van der Waals surface area contributed by atoms with Crippen LogP contribution in [0.15, 0.2) is 47.5 Å². The Morgan fingerprint density at radius 2 is 2.08 bits per heavy atom. The van der Waals surface area contributed by atoms with E-state index in [-0.39, 0.29) is 12.4 Å². The second-order valence-electron chi connectivity index (χ2n) is 5.96. The van der Waals surface area contributed by atoms with Gasteiger partial charge in [-0.2, -0.15) is 0 Å². The molecule has 7 heteroatoms. The summed E-state index contributed by atoms with van der Waals surface area (Å²) in [6, 6.07) is 13.0. The maximum atomic E-state index is 10.8. The third kappa shape index (κ3) is 3.95. The van der Waals surface area contributed by atoms with Crippen molar-refractivity contribution in [3.05, 3.63) is 58.1 Å². The predicted molar refractivity (Wildman–Crippen MR) is 98.7 cm³/mol. The summed E-state index contributed by atoms with van der Waals surface area (Å²) in [5.41, 5.74) is 1.92. The fourth-order valence-corrected chi connectivity index (χ4v) is 3.18. The van der Waals surface area contributed by atoms with Crippen LogP contribution in [0.2, 0.25) is 10.0 Å². The van der Waals surface area contributed by atoms with E-state index in [0.29, 0.717) is 16.7 Å². The van der Waals surface area contributed by atoms with Gasteiger partial charge in [-0.25, -0.2) is 4.79 Å². The molecule has 2 aromatic carbocycles. The molecular weight excluding hydrogens is 363 g/mol. The van der Waals surface area contributed by atoms with Crippen LogP contribution in [-0.4, -0.2) is 30.2 Å². The van der Waals surface area contributed by atoms with Crippen molar-refractivity contribution in [3.8, 4) is 11.1 Å². The maximum absolute atomic E-state index is 10.8. The lowest BCUT2D eigenvalue weighted by Gasteiger charge is -2.31.